The van der Waals surface area contributed by atoms with Gasteiger partial charge in [-0.3, -0.25) is 4.79 Å². The van der Waals surface area contributed by atoms with Crippen LogP contribution in [0.2, 0.25) is 5.02 Å². The quantitative estimate of drug-likeness (QED) is 0.781. The lowest BCUT2D eigenvalue weighted by Crippen LogP contribution is -1.97. The molecule has 0 unspecified atom stereocenters. The SMILES string of the molecule is COc1cc(OCc2ccc(Cl)cc2)ccc1C=O. The first-order chi connectivity index (χ1) is 9.22. The molecule has 3 nitrogen and oxygen atoms in total. The van der Waals surface area contributed by atoms with Crippen molar-refractivity contribution in [2.24, 2.45) is 0 Å². The summed E-state index contributed by atoms with van der Waals surface area (Å²) in [4.78, 5) is 10.8. The van der Waals surface area contributed by atoms with Gasteiger partial charge in [0.2, 0.25) is 0 Å². The minimum atomic E-state index is 0.431. The van der Waals surface area contributed by atoms with Crippen molar-refractivity contribution >= 4 is 17.9 Å². The number of carbonyl (C=O) groups is 1. The van der Waals surface area contributed by atoms with E-state index < -0.39 is 0 Å². The molecule has 19 heavy (non-hydrogen) atoms. The zero-order valence-corrected chi connectivity index (χ0v) is 11.2. The van der Waals surface area contributed by atoms with Gasteiger partial charge in [-0.2, -0.15) is 0 Å². The maximum atomic E-state index is 10.8. The topological polar surface area (TPSA) is 35.5 Å². The van der Waals surface area contributed by atoms with Crippen molar-refractivity contribution in [3.8, 4) is 11.5 Å². The molecule has 98 valence electrons. The Bertz CT molecular complexity index is 564. The van der Waals surface area contributed by atoms with Crippen LogP contribution in [-0.2, 0) is 6.61 Å². The van der Waals surface area contributed by atoms with Crippen LogP contribution in [0.5, 0.6) is 11.5 Å². The van der Waals surface area contributed by atoms with Gasteiger partial charge in [-0.25, -0.2) is 0 Å². The van der Waals surface area contributed by atoms with Gasteiger partial charge in [0, 0.05) is 11.1 Å². The Morgan fingerprint density at radius 1 is 1.16 bits per heavy atom. The first-order valence-electron chi connectivity index (χ1n) is 5.73. The fourth-order valence-electron chi connectivity index (χ4n) is 1.63. The van der Waals surface area contributed by atoms with Crippen LogP contribution in [0.3, 0.4) is 0 Å². The van der Waals surface area contributed by atoms with Crippen LogP contribution in [0.25, 0.3) is 0 Å². The minimum Gasteiger partial charge on any atom is -0.496 e. The third-order valence-electron chi connectivity index (χ3n) is 2.65. The molecule has 0 spiro atoms. The summed E-state index contributed by atoms with van der Waals surface area (Å²) in [5, 5.41) is 0.695. The van der Waals surface area contributed by atoms with E-state index in [1.807, 2.05) is 24.3 Å². The molecule has 0 fully saturated rings. The summed E-state index contributed by atoms with van der Waals surface area (Å²) in [6.07, 6.45) is 0.752. The summed E-state index contributed by atoms with van der Waals surface area (Å²) >= 11 is 5.81. The van der Waals surface area contributed by atoms with Gasteiger partial charge in [-0.15, -0.1) is 0 Å². The smallest absolute Gasteiger partial charge is 0.153 e. The van der Waals surface area contributed by atoms with E-state index in [2.05, 4.69) is 0 Å². The lowest BCUT2D eigenvalue weighted by Gasteiger charge is -2.09. The lowest BCUT2D eigenvalue weighted by molar-refractivity contribution is 0.112. The molecule has 0 aliphatic heterocycles. The van der Waals surface area contributed by atoms with E-state index >= 15 is 0 Å². The average Bonchev–Trinajstić information content (AvgIpc) is 2.46. The van der Waals surface area contributed by atoms with Crippen LogP contribution in [0.4, 0.5) is 0 Å². The maximum Gasteiger partial charge on any atom is 0.153 e. The molecule has 0 radical (unpaired) electrons. The molecule has 4 heteroatoms. The van der Waals surface area contributed by atoms with E-state index in [1.54, 1.807) is 18.2 Å². The van der Waals surface area contributed by atoms with E-state index in [1.165, 1.54) is 7.11 Å². The molecule has 2 aromatic rings. The van der Waals surface area contributed by atoms with E-state index in [4.69, 9.17) is 21.1 Å². The largest absolute Gasteiger partial charge is 0.496 e. The van der Waals surface area contributed by atoms with Crippen LogP contribution in [0, 0.1) is 0 Å². The zero-order valence-electron chi connectivity index (χ0n) is 10.4. The predicted octanol–water partition coefficient (Wildman–Crippen LogP) is 3.74. The molecule has 2 aromatic carbocycles. The first kappa shape index (κ1) is 13.4. The van der Waals surface area contributed by atoms with Crippen molar-refractivity contribution in [3.05, 3.63) is 58.6 Å². The highest BCUT2D eigenvalue weighted by molar-refractivity contribution is 6.30. The molecule has 0 atom stereocenters. The van der Waals surface area contributed by atoms with Gasteiger partial charge < -0.3 is 9.47 Å². The van der Waals surface area contributed by atoms with Crippen molar-refractivity contribution < 1.29 is 14.3 Å². The van der Waals surface area contributed by atoms with Crippen LogP contribution >= 0.6 is 11.6 Å². The molecule has 0 aromatic heterocycles. The molecule has 2 rings (SSSR count). The molecule has 0 saturated heterocycles. The van der Waals surface area contributed by atoms with Crippen molar-refractivity contribution in [2.45, 2.75) is 6.61 Å². The number of hydrogen-bond acceptors (Lipinski definition) is 3. The normalized spacial score (nSPS) is 10.0. The van der Waals surface area contributed by atoms with Gasteiger partial charge in [-0.05, 0) is 29.8 Å². The number of halogens is 1. The van der Waals surface area contributed by atoms with Crippen LogP contribution in [0.15, 0.2) is 42.5 Å². The first-order valence-corrected chi connectivity index (χ1v) is 6.11. The van der Waals surface area contributed by atoms with E-state index in [0.29, 0.717) is 28.7 Å². The molecule has 0 amide bonds. The Hall–Kier alpha value is -2.00. The number of hydrogen-bond donors (Lipinski definition) is 0. The van der Waals surface area contributed by atoms with Crippen LogP contribution < -0.4 is 9.47 Å². The van der Waals surface area contributed by atoms with Crippen LogP contribution in [0.1, 0.15) is 15.9 Å². The maximum absolute atomic E-state index is 10.8. The highest BCUT2D eigenvalue weighted by Crippen LogP contribution is 2.24. The lowest BCUT2D eigenvalue weighted by atomic mass is 10.2. The zero-order chi connectivity index (χ0) is 13.7. The van der Waals surface area contributed by atoms with Crippen molar-refractivity contribution in [2.75, 3.05) is 7.11 Å². The van der Waals surface area contributed by atoms with Crippen molar-refractivity contribution in [1.29, 1.82) is 0 Å². The van der Waals surface area contributed by atoms with E-state index in [-0.39, 0.29) is 0 Å². The molecular formula is C15H13ClO3. The number of methoxy groups -OCH3 is 1. The summed E-state index contributed by atoms with van der Waals surface area (Å²) in [5.41, 5.74) is 1.52. The number of rotatable bonds is 5. The number of benzene rings is 2. The van der Waals surface area contributed by atoms with Crippen molar-refractivity contribution in [3.63, 3.8) is 0 Å². The predicted molar refractivity (Wildman–Crippen MR) is 74.2 cm³/mol. The molecular weight excluding hydrogens is 264 g/mol. The third-order valence-corrected chi connectivity index (χ3v) is 2.90. The van der Waals surface area contributed by atoms with Crippen LogP contribution in [-0.4, -0.2) is 13.4 Å². The second-order valence-electron chi connectivity index (χ2n) is 3.94. The Morgan fingerprint density at radius 2 is 1.89 bits per heavy atom. The molecule has 0 saturated carbocycles. The fourth-order valence-corrected chi connectivity index (χ4v) is 1.75. The van der Waals surface area contributed by atoms with Gasteiger partial charge in [0.15, 0.2) is 6.29 Å². The van der Waals surface area contributed by atoms with Gasteiger partial charge in [0.05, 0.1) is 12.7 Å². The van der Waals surface area contributed by atoms with Gasteiger partial charge in [0.25, 0.3) is 0 Å². The van der Waals surface area contributed by atoms with Crippen molar-refractivity contribution in [1.82, 2.24) is 0 Å². The number of aldehydes is 1. The summed E-state index contributed by atoms with van der Waals surface area (Å²) in [6.45, 7) is 0.431. The molecule has 0 bridgehead atoms. The highest BCUT2D eigenvalue weighted by Gasteiger charge is 2.04. The summed E-state index contributed by atoms with van der Waals surface area (Å²) in [6, 6.07) is 12.5. The summed E-state index contributed by atoms with van der Waals surface area (Å²) in [5.74, 6) is 1.15. The molecule has 0 N–H and O–H groups in total. The third kappa shape index (κ3) is 3.48. The number of ether oxygens (including phenoxy) is 2. The minimum absolute atomic E-state index is 0.431. The fraction of sp³-hybridized carbons (Fsp3) is 0.133. The second-order valence-corrected chi connectivity index (χ2v) is 4.37. The van der Waals surface area contributed by atoms with Gasteiger partial charge >= 0.3 is 0 Å². The van der Waals surface area contributed by atoms with E-state index in [0.717, 1.165) is 11.8 Å². The Balaban J connectivity index is 2.07. The molecule has 0 heterocycles. The highest BCUT2D eigenvalue weighted by atomic mass is 35.5. The average molecular weight is 277 g/mol. The van der Waals surface area contributed by atoms with Gasteiger partial charge in [0.1, 0.15) is 18.1 Å². The summed E-state index contributed by atoms with van der Waals surface area (Å²) < 4.78 is 10.8. The number of carbonyl (C=O) groups excluding carboxylic acids is 1. The Morgan fingerprint density at radius 3 is 2.53 bits per heavy atom. The molecule has 0 aliphatic rings. The van der Waals surface area contributed by atoms with Gasteiger partial charge in [-0.1, -0.05) is 23.7 Å². The second kappa shape index (κ2) is 6.25. The Labute approximate surface area is 116 Å². The van der Waals surface area contributed by atoms with E-state index in [9.17, 15) is 4.79 Å². The standard InChI is InChI=1S/C15H13ClO3/c1-18-15-8-14(7-4-12(15)9-17)19-10-11-2-5-13(16)6-3-11/h2-9H,10H2,1H3. The molecule has 0 aliphatic carbocycles. The Kier molecular flexibility index (Phi) is 4.42. The monoisotopic (exact) mass is 276 g/mol. The summed E-state index contributed by atoms with van der Waals surface area (Å²) in [7, 11) is 1.52.